The minimum Gasteiger partial charge on any atom is -0.478 e. The molecule has 88 valence electrons. The first-order valence-corrected chi connectivity index (χ1v) is 5.64. The molecule has 1 heterocycles. The molecule has 0 aliphatic rings. The fourth-order valence-corrected chi connectivity index (χ4v) is 1.37. The van der Waals surface area contributed by atoms with Crippen LogP contribution in [0.25, 0.3) is 0 Å². The van der Waals surface area contributed by atoms with Crippen molar-refractivity contribution in [3.05, 3.63) is 36.0 Å². The number of aliphatic hydroxyl groups excluding tert-OH is 1. The monoisotopic (exact) mass is 221 g/mol. The third-order valence-electron chi connectivity index (χ3n) is 2.26. The Bertz CT molecular complexity index is 314. The molecule has 1 aromatic rings. The molecule has 0 saturated heterocycles. The zero-order valence-corrected chi connectivity index (χ0v) is 9.78. The highest BCUT2D eigenvalue weighted by Crippen LogP contribution is 2.13. The number of unbranched alkanes of at least 4 members (excludes halogenated alkanes) is 1. The number of hydrogen-bond acceptors (Lipinski definition) is 3. The van der Waals surface area contributed by atoms with E-state index in [9.17, 15) is 0 Å². The number of hydrogen-bond donors (Lipinski definition) is 1. The average Bonchev–Trinajstić information content (AvgIpc) is 2.34. The van der Waals surface area contributed by atoms with Crippen LogP contribution in [0.4, 0.5) is 0 Å². The summed E-state index contributed by atoms with van der Waals surface area (Å²) >= 11 is 0. The molecule has 0 bridgehead atoms. The van der Waals surface area contributed by atoms with Crippen LogP contribution in [0.1, 0.15) is 31.0 Å². The summed E-state index contributed by atoms with van der Waals surface area (Å²) in [4.78, 5) is 4.34. The fraction of sp³-hybridized carbons (Fsp3) is 0.462. The van der Waals surface area contributed by atoms with Crippen molar-refractivity contribution in [1.82, 2.24) is 4.98 Å². The summed E-state index contributed by atoms with van der Waals surface area (Å²) in [6.45, 7) is 6.35. The van der Waals surface area contributed by atoms with Gasteiger partial charge in [0.1, 0.15) is 0 Å². The molecule has 16 heavy (non-hydrogen) atoms. The maximum Gasteiger partial charge on any atom is 0.213 e. The highest BCUT2D eigenvalue weighted by atomic mass is 16.5. The lowest BCUT2D eigenvalue weighted by molar-refractivity contribution is 0.276. The Morgan fingerprint density at radius 2 is 2.31 bits per heavy atom. The Hall–Kier alpha value is -1.35. The highest BCUT2D eigenvalue weighted by Gasteiger charge is 2.02. The summed E-state index contributed by atoms with van der Waals surface area (Å²) in [7, 11) is 0. The first-order chi connectivity index (χ1) is 7.80. The molecule has 1 rings (SSSR count). The molecular weight excluding hydrogens is 202 g/mol. The van der Waals surface area contributed by atoms with Gasteiger partial charge >= 0.3 is 0 Å². The van der Waals surface area contributed by atoms with E-state index in [0.29, 0.717) is 12.5 Å². The van der Waals surface area contributed by atoms with Crippen LogP contribution in [0.15, 0.2) is 24.8 Å². The van der Waals surface area contributed by atoms with Gasteiger partial charge in [-0.05, 0) is 30.9 Å². The second kappa shape index (κ2) is 7.01. The summed E-state index contributed by atoms with van der Waals surface area (Å²) in [5.41, 5.74) is 1.80. The maximum absolute atomic E-state index is 9.10. The lowest BCUT2D eigenvalue weighted by Gasteiger charge is -2.07. The molecule has 0 aromatic carbocycles. The van der Waals surface area contributed by atoms with E-state index >= 15 is 0 Å². The van der Waals surface area contributed by atoms with E-state index in [0.717, 1.165) is 30.5 Å². The Labute approximate surface area is 96.8 Å². The fourth-order valence-electron chi connectivity index (χ4n) is 1.37. The van der Waals surface area contributed by atoms with Gasteiger partial charge in [0.05, 0.1) is 13.2 Å². The van der Waals surface area contributed by atoms with E-state index in [4.69, 9.17) is 9.84 Å². The minimum atomic E-state index is 0.0263. The van der Waals surface area contributed by atoms with Crippen LogP contribution in [-0.4, -0.2) is 16.7 Å². The Balaban J connectivity index is 2.60. The van der Waals surface area contributed by atoms with Gasteiger partial charge in [-0.1, -0.05) is 13.0 Å². The van der Waals surface area contributed by atoms with Gasteiger partial charge in [0, 0.05) is 11.8 Å². The molecule has 1 N–H and O–H groups in total. The van der Waals surface area contributed by atoms with Gasteiger partial charge in [0.15, 0.2) is 0 Å². The molecule has 0 aliphatic carbocycles. The van der Waals surface area contributed by atoms with E-state index in [1.165, 1.54) is 0 Å². The largest absolute Gasteiger partial charge is 0.478 e. The van der Waals surface area contributed by atoms with Gasteiger partial charge in [-0.2, -0.15) is 0 Å². The van der Waals surface area contributed by atoms with Crippen molar-refractivity contribution in [1.29, 1.82) is 0 Å². The molecule has 0 radical (unpaired) electrons. The number of rotatable bonds is 7. The second-order valence-corrected chi connectivity index (χ2v) is 3.60. The zero-order valence-electron chi connectivity index (χ0n) is 9.78. The smallest absolute Gasteiger partial charge is 0.213 e. The van der Waals surface area contributed by atoms with Crippen molar-refractivity contribution in [2.45, 2.75) is 32.8 Å². The summed E-state index contributed by atoms with van der Waals surface area (Å²) in [5, 5.41) is 9.10. The Kier molecular flexibility index (Phi) is 5.57. The molecule has 0 spiro atoms. The minimum absolute atomic E-state index is 0.0263. The van der Waals surface area contributed by atoms with Crippen LogP contribution in [0.3, 0.4) is 0 Å². The molecule has 3 nitrogen and oxygen atoms in total. The summed E-state index contributed by atoms with van der Waals surface area (Å²) < 4.78 is 5.52. The summed E-state index contributed by atoms with van der Waals surface area (Å²) in [5.74, 6) is 0.604. The molecular formula is C13H19NO2. The number of nitrogens with zero attached hydrogens (tertiary/aromatic N) is 1. The van der Waals surface area contributed by atoms with Crippen molar-refractivity contribution >= 4 is 0 Å². The predicted molar refractivity (Wildman–Crippen MR) is 64.5 cm³/mol. The summed E-state index contributed by atoms with van der Waals surface area (Å²) in [6.07, 6.45) is 4.60. The first kappa shape index (κ1) is 12.7. The highest BCUT2D eigenvalue weighted by molar-refractivity contribution is 5.24. The number of pyridine rings is 1. The number of aliphatic hydroxyl groups is 1. The van der Waals surface area contributed by atoms with Crippen LogP contribution in [-0.2, 0) is 13.0 Å². The summed E-state index contributed by atoms with van der Waals surface area (Å²) in [6, 6.07) is 3.68. The molecule has 1 aromatic heterocycles. The molecule has 0 amide bonds. The standard InChI is InChI=1S/C13H19NO2/c1-3-5-6-7-16-13-9-11(10-15)8-12(4-2)14-13/h3,8-9,15H,1,4-7,10H2,2H3. The van der Waals surface area contributed by atoms with Gasteiger partial charge in [0.25, 0.3) is 0 Å². The van der Waals surface area contributed by atoms with E-state index < -0.39 is 0 Å². The van der Waals surface area contributed by atoms with Crippen molar-refractivity contribution in [2.75, 3.05) is 6.61 Å². The van der Waals surface area contributed by atoms with Crippen molar-refractivity contribution in [2.24, 2.45) is 0 Å². The lowest BCUT2D eigenvalue weighted by Crippen LogP contribution is -2.01. The topological polar surface area (TPSA) is 42.4 Å². The predicted octanol–water partition coefficient (Wildman–Crippen LogP) is 2.48. The maximum atomic E-state index is 9.10. The van der Waals surface area contributed by atoms with Crippen molar-refractivity contribution < 1.29 is 9.84 Å². The number of aromatic nitrogens is 1. The average molecular weight is 221 g/mol. The number of ether oxygens (including phenoxy) is 1. The normalized spacial score (nSPS) is 10.1. The molecule has 0 fully saturated rings. The zero-order chi connectivity index (χ0) is 11.8. The molecule has 0 saturated carbocycles. The van der Waals surface area contributed by atoms with Crippen molar-refractivity contribution in [3.63, 3.8) is 0 Å². The van der Waals surface area contributed by atoms with E-state index in [1.54, 1.807) is 6.07 Å². The van der Waals surface area contributed by atoms with Crippen LogP contribution < -0.4 is 4.74 Å². The van der Waals surface area contributed by atoms with Crippen LogP contribution >= 0.6 is 0 Å². The third kappa shape index (κ3) is 4.03. The number of allylic oxidation sites excluding steroid dienone is 1. The third-order valence-corrected chi connectivity index (χ3v) is 2.26. The van der Waals surface area contributed by atoms with Crippen LogP contribution in [0.2, 0.25) is 0 Å². The molecule has 0 unspecified atom stereocenters. The van der Waals surface area contributed by atoms with Crippen LogP contribution in [0, 0.1) is 0 Å². The number of aryl methyl sites for hydroxylation is 1. The lowest BCUT2D eigenvalue weighted by atomic mass is 10.2. The Morgan fingerprint density at radius 1 is 1.50 bits per heavy atom. The van der Waals surface area contributed by atoms with E-state index in [-0.39, 0.29) is 6.61 Å². The van der Waals surface area contributed by atoms with Gasteiger partial charge in [-0.3, -0.25) is 0 Å². The first-order valence-electron chi connectivity index (χ1n) is 5.64. The molecule has 0 aliphatic heterocycles. The van der Waals surface area contributed by atoms with Gasteiger partial charge in [0.2, 0.25) is 5.88 Å². The molecule has 0 atom stereocenters. The second-order valence-electron chi connectivity index (χ2n) is 3.60. The quantitative estimate of drug-likeness (QED) is 0.568. The van der Waals surface area contributed by atoms with Crippen molar-refractivity contribution in [3.8, 4) is 5.88 Å². The van der Waals surface area contributed by atoms with Crippen LogP contribution in [0.5, 0.6) is 5.88 Å². The molecule has 3 heteroatoms. The van der Waals surface area contributed by atoms with Gasteiger partial charge in [-0.15, -0.1) is 6.58 Å². The SMILES string of the molecule is C=CCCCOc1cc(CO)cc(CC)n1. The van der Waals surface area contributed by atoms with Gasteiger partial charge in [-0.25, -0.2) is 4.98 Å². The van der Waals surface area contributed by atoms with E-state index in [1.807, 2.05) is 19.1 Å². The van der Waals surface area contributed by atoms with E-state index in [2.05, 4.69) is 11.6 Å². The Morgan fingerprint density at radius 3 is 2.94 bits per heavy atom. The van der Waals surface area contributed by atoms with Gasteiger partial charge < -0.3 is 9.84 Å².